The van der Waals surface area contributed by atoms with E-state index in [2.05, 4.69) is 5.32 Å². The number of amides is 1. The van der Waals surface area contributed by atoms with Crippen molar-refractivity contribution >= 4 is 17.0 Å². The molecule has 0 bridgehead atoms. The van der Waals surface area contributed by atoms with Crippen molar-refractivity contribution in [3.8, 4) is 0 Å². The van der Waals surface area contributed by atoms with E-state index in [1.54, 1.807) is 12.3 Å². The maximum Gasteiger partial charge on any atom is 0.268 e. The predicted octanol–water partition coefficient (Wildman–Crippen LogP) is 3.18. The molecule has 4 nitrogen and oxygen atoms in total. The molecular formula is C16H16N2O2. The van der Waals surface area contributed by atoms with Crippen LogP contribution >= 0.6 is 0 Å². The summed E-state index contributed by atoms with van der Waals surface area (Å²) in [6.07, 6.45) is 1.64. The third-order valence-electron chi connectivity index (χ3n) is 3.37. The fourth-order valence-corrected chi connectivity index (χ4v) is 2.37. The number of hydrogen-bond acceptors (Lipinski definition) is 2. The van der Waals surface area contributed by atoms with Gasteiger partial charge >= 0.3 is 0 Å². The van der Waals surface area contributed by atoms with Crippen molar-refractivity contribution in [2.75, 3.05) is 0 Å². The Morgan fingerprint density at radius 3 is 2.80 bits per heavy atom. The van der Waals surface area contributed by atoms with Gasteiger partial charge in [0.15, 0.2) is 5.58 Å². The van der Waals surface area contributed by atoms with Gasteiger partial charge in [0.1, 0.15) is 5.69 Å². The molecule has 0 aliphatic heterocycles. The standard InChI is InChI=1S/C16H16N2O2/c1-2-18-13-8-9-20-15(13)10-14(18)16(19)17-11-12-6-4-3-5-7-12/h3-10H,2,11H2,1H3,(H,17,19). The Morgan fingerprint density at radius 1 is 1.25 bits per heavy atom. The van der Waals surface area contributed by atoms with Crippen LogP contribution in [0.25, 0.3) is 11.1 Å². The Labute approximate surface area is 117 Å². The molecule has 0 aliphatic rings. The zero-order valence-electron chi connectivity index (χ0n) is 11.3. The third-order valence-corrected chi connectivity index (χ3v) is 3.37. The average Bonchev–Trinajstić information content (AvgIpc) is 3.06. The number of furan rings is 1. The highest BCUT2D eigenvalue weighted by atomic mass is 16.3. The SMILES string of the molecule is CCn1c(C(=O)NCc2ccccc2)cc2occc21. The van der Waals surface area contributed by atoms with Crippen molar-refractivity contribution in [3.05, 3.63) is 60.0 Å². The fourth-order valence-electron chi connectivity index (χ4n) is 2.37. The van der Waals surface area contributed by atoms with Gasteiger partial charge < -0.3 is 14.3 Å². The van der Waals surface area contributed by atoms with Gasteiger partial charge in [0.05, 0.1) is 11.8 Å². The summed E-state index contributed by atoms with van der Waals surface area (Å²) in [5.41, 5.74) is 3.42. The van der Waals surface area contributed by atoms with Gasteiger partial charge in [-0.3, -0.25) is 4.79 Å². The van der Waals surface area contributed by atoms with Crippen LogP contribution in [-0.4, -0.2) is 10.5 Å². The van der Waals surface area contributed by atoms with Crippen LogP contribution in [0.2, 0.25) is 0 Å². The van der Waals surface area contributed by atoms with Crippen molar-refractivity contribution in [3.63, 3.8) is 0 Å². The largest absolute Gasteiger partial charge is 0.463 e. The van der Waals surface area contributed by atoms with Crippen LogP contribution in [0.15, 0.2) is 53.1 Å². The summed E-state index contributed by atoms with van der Waals surface area (Å²) in [6.45, 7) is 3.27. The number of carbonyl (C=O) groups is 1. The molecule has 3 aromatic rings. The molecule has 1 N–H and O–H groups in total. The molecule has 1 amide bonds. The van der Waals surface area contributed by atoms with Gasteiger partial charge in [0.25, 0.3) is 5.91 Å². The second-order valence-electron chi connectivity index (χ2n) is 4.61. The summed E-state index contributed by atoms with van der Waals surface area (Å²) < 4.78 is 7.31. The minimum atomic E-state index is -0.0814. The molecule has 0 spiro atoms. The van der Waals surface area contributed by atoms with E-state index in [9.17, 15) is 4.79 Å². The van der Waals surface area contributed by atoms with E-state index in [1.807, 2.05) is 47.9 Å². The molecular weight excluding hydrogens is 252 g/mol. The summed E-state index contributed by atoms with van der Waals surface area (Å²) in [4.78, 5) is 12.3. The summed E-state index contributed by atoms with van der Waals surface area (Å²) in [5, 5.41) is 2.94. The normalized spacial score (nSPS) is 10.8. The first-order valence-corrected chi connectivity index (χ1v) is 6.68. The van der Waals surface area contributed by atoms with E-state index in [4.69, 9.17) is 4.42 Å². The molecule has 4 heteroatoms. The lowest BCUT2D eigenvalue weighted by atomic mass is 10.2. The van der Waals surface area contributed by atoms with Crippen molar-refractivity contribution in [1.29, 1.82) is 0 Å². The summed E-state index contributed by atoms with van der Waals surface area (Å²) in [6, 6.07) is 13.5. The van der Waals surface area contributed by atoms with E-state index in [-0.39, 0.29) is 5.91 Å². The van der Waals surface area contributed by atoms with Crippen molar-refractivity contribution in [1.82, 2.24) is 9.88 Å². The highest BCUT2D eigenvalue weighted by molar-refractivity contribution is 5.97. The highest BCUT2D eigenvalue weighted by Gasteiger charge is 2.15. The van der Waals surface area contributed by atoms with Crippen LogP contribution in [0.1, 0.15) is 23.0 Å². The molecule has 3 rings (SSSR count). The van der Waals surface area contributed by atoms with E-state index in [0.29, 0.717) is 12.2 Å². The van der Waals surface area contributed by atoms with Crippen LogP contribution in [0.5, 0.6) is 0 Å². The molecule has 0 atom stereocenters. The molecule has 2 heterocycles. The summed E-state index contributed by atoms with van der Waals surface area (Å²) in [7, 11) is 0. The van der Waals surface area contributed by atoms with Crippen molar-refractivity contribution < 1.29 is 9.21 Å². The second kappa shape index (κ2) is 5.25. The molecule has 1 aromatic carbocycles. The molecule has 0 unspecified atom stereocenters. The summed E-state index contributed by atoms with van der Waals surface area (Å²) >= 11 is 0. The average molecular weight is 268 g/mol. The number of carbonyl (C=O) groups excluding carboxylic acids is 1. The van der Waals surface area contributed by atoms with Gasteiger partial charge in [-0.15, -0.1) is 0 Å². The Bertz CT molecular complexity index is 725. The smallest absolute Gasteiger partial charge is 0.268 e. The second-order valence-corrected chi connectivity index (χ2v) is 4.61. The Kier molecular flexibility index (Phi) is 3.29. The number of aryl methyl sites for hydroxylation is 1. The number of benzene rings is 1. The first-order valence-electron chi connectivity index (χ1n) is 6.68. The van der Waals surface area contributed by atoms with Crippen LogP contribution in [0.4, 0.5) is 0 Å². The van der Waals surface area contributed by atoms with Crippen LogP contribution in [0.3, 0.4) is 0 Å². The zero-order valence-corrected chi connectivity index (χ0v) is 11.3. The zero-order chi connectivity index (χ0) is 13.9. The van der Waals surface area contributed by atoms with Crippen molar-refractivity contribution in [2.45, 2.75) is 20.0 Å². The lowest BCUT2D eigenvalue weighted by molar-refractivity contribution is 0.0942. The van der Waals surface area contributed by atoms with E-state index < -0.39 is 0 Å². The minimum Gasteiger partial charge on any atom is -0.463 e. The van der Waals surface area contributed by atoms with Crippen LogP contribution in [0, 0.1) is 0 Å². The van der Waals surface area contributed by atoms with Gasteiger partial charge in [0.2, 0.25) is 0 Å². The van der Waals surface area contributed by atoms with Gasteiger partial charge in [0, 0.05) is 25.2 Å². The van der Waals surface area contributed by atoms with Gasteiger partial charge in [-0.05, 0) is 12.5 Å². The number of aromatic nitrogens is 1. The molecule has 0 radical (unpaired) electrons. The maximum absolute atomic E-state index is 12.3. The van der Waals surface area contributed by atoms with Gasteiger partial charge in [-0.2, -0.15) is 0 Å². The lowest BCUT2D eigenvalue weighted by Crippen LogP contribution is -2.25. The van der Waals surface area contributed by atoms with Crippen molar-refractivity contribution in [2.24, 2.45) is 0 Å². The van der Waals surface area contributed by atoms with Crippen LogP contribution in [-0.2, 0) is 13.1 Å². The Balaban J connectivity index is 1.80. The van der Waals surface area contributed by atoms with Crippen LogP contribution < -0.4 is 5.32 Å². The maximum atomic E-state index is 12.3. The number of fused-ring (bicyclic) bond motifs is 1. The predicted molar refractivity (Wildman–Crippen MR) is 77.5 cm³/mol. The molecule has 20 heavy (non-hydrogen) atoms. The molecule has 102 valence electrons. The van der Waals surface area contributed by atoms with E-state index >= 15 is 0 Å². The van der Waals surface area contributed by atoms with E-state index in [1.165, 1.54) is 0 Å². The first-order chi connectivity index (χ1) is 9.79. The minimum absolute atomic E-state index is 0.0814. The van der Waals surface area contributed by atoms with E-state index in [0.717, 1.165) is 23.2 Å². The van der Waals surface area contributed by atoms with Gasteiger partial charge in [-0.1, -0.05) is 30.3 Å². The molecule has 0 saturated heterocycles. The molecule has 0 fully saturated rings. The molecule has 2 aromatic heterocycles. The van der Waals surface area contributed by atoms with Gasteiger partial charge in [-0.25, -0.2) is 0 Å². The molecule has 0 saturated carbocycles. The Hall–Kier alpha value is -2.49. The Morgan fingerprint density at radius 2 is 2.05 bits per heavy atom. The number of rotatable bonds is 4. The summed E-state index contributed by atoms with van der Waals surface area (Å²) in [5.74, 6) is -0.0814. The first kappa shape index (κ1) is 12.5. The third kappa shape index (κ3) is 2.20. The fraction of sp³-hybridized carbons (Fsp3) is 0.188. The number of hydrogen-bond donors (Lipinski definition) is 1. The quantitative estimate of drug-likeness (QED) is 0.790. The number of nitrogens with one attached hydrogen (secondary N) is 1. The lowest BCUT2D eigenvalue weighted by Gasteiger charge is -2.08. The number of nitrogens with zero attached hydrogens (tertiary/aromatic N) is 1. The highest BCUT2D eigenvalue weighted by Crippen LogP contribution is 2.21. The topological polar surface area (TPSA) is 47.2 Å². The monoisotopic (exact) mass is 268 g/mol. The molecule has 0 aliphatic carbocycles.